The fourth-order valence-electron chi connectivity index (χ4n) is 2.17. The fraction of sp³-hybridized carbons (Fsp3) is 0.375. The number of hydrogen-bond acceptors (Lipinski definition) is 9. The van der Waals surface area contributed by atoms with E-state index in [4.69, 9.17) is 25.1 Å². The SMILES string of the molecule is N#CC(C#N)=CNc1ccc(OC2OC(CO)C(O)C(O)C2O)cc1. The lowest BCUT2D eigenvalue weighted by molar-refractivity contribution is -0.277. The standard InChI is InChI=1S/C16H17N3O6/c17-5-9(6-18)7-19-10-1-3-11(4-2-10)24-16-15(23)14(22)13(21)12(8-20)25-16/h1-4,7,12-16,19-23H,8H2. The third-order valence-corrected chi connectivity index (χ3v) is 3.58. The summed E-state index contributed by atoms with van der Waals surface area (Å²) in [6.07, 6.45) is -5.52. The molecule has 0 aromatic heterocycles. The molecule has 1 saturated heterocycles. The molecule has 132 valence electrons. The maximum atomic E-state index is 9.91. The van der Waals surface area contributed by atoms with Crippen molar-refractivity contribution in [2.75, 3.05) is 11.9 Å². The van der Waals surface area contributed by atoms with E-state index < -0.39 is 37.3 Å². The molecule has 0 spiro atoms. The van der Waals surface area contributed by atoms with Gasteiger partial charge in [-0.25, -0.2) is 0 Å². The largest absolute Gasteiger partial charge is 0.462 e. The van der Waals surface area contributed by atoms with Crippen molar-refractivity contribution in [3.8, 4) is 17.9 Å². The second-order valence-corrected chi connectivity index (χ2v) is 5.27. The van der Waals surface area contributed by atoms with Crippen LogP contribution in [0.1, 0.15) is 0 Å². The lowest BCUT2D eigenvalue weighted by Crippen LogP contribution is -2.60. The average Bonchev–Trinajstić information content (AvgIpc) is 2.64. The Hall–Kier alpha value is -2.66. The zero-order valence-electron chi connectivity index (χ0n) is 13.0. The number of rotatable bonds is 5. The molecule has 1 aliphatic rings. The van der Waals surface area contributed by atoms with E-state index in [2.05, 4.69) is 5.32 Å². The summed E-state index contributed by atoms with van der Waals surface area (Å²) in [5.41, 5.74) is 0.505. The first-order chi connectivity index (χ1) is 12.0. The minimum absolute atomic E-state index is 0.0818. The van der Waals surface area contributed by atoms with Crippen molar-refractivity contribution in [1.82, 2.24) is 0 Å². The highest BCUT2D eigenvalue weighted by atomic mass is 16.7. The van der Waals surface area contributed by atoms with E-state index in [-0.39, 0.29) is 5.57 Å². The van der Waals surface area contributed by atoms with Gasteiger partial charge in [0.1, 0.15) is 47.9 Å². The summed E-state index contributed by atoms with van der Waals surface area (Å²) in [6.45, 7) is -0.542. The van der Waals surface area contributed by atoms with Crippen LogP contribution in [0.25, 0.3) is 0 Å². The average molecular weight is 347 g/mol. The Morgan fingerprint density at radius 2 is 1.76 bits per heavy atom. The lowest BCUT2D eigenvalue weighted by Gasteiger charge is -2.39. The van der Waals surface area contributed by atoms with Gasteiger partial charge in [0.25, 0.3) is 0 Å². The second kappa shape index (κ2) is 8.44. The summed E-state index contributed by atoms with van der Waals surface area (Å²) in [7, 11) is 0. The van der Waals surface area contributed by atoms with Crippen molar-refractivity contribution in [3.63, 3.8) is 0 Å². The smallest absolute Gasteiger partial charge is 0.229 e. The molecule has 5 unspecified atom stereocenters. The number of ether oxygens (including phenoxy) is 2. The van der Waals surface area contributed by atoms with E-state index in [1.807, 2.05) is 0 Å². The maximum Gasteiger partial charge on any atom is 0.229 e. The molecule has 1 aromatic rings. The van der Waals surface area contributed by atoms with Crippen LogP contribution < -0.4 is 10.1 Å². The minimum Gasteiger partial charge on any atom is -0.462 e. The molecule has 1 heterocycles. The van der Waals surface area contributed by atoms with E-state index in [0.717, 1.165) is 0 Å². The van der Waals surface area contributed by atoms with E-state index in [1.54, 1.807) is 24.3 Å². The van der Waals surface area contributed by atoms with Crippen LogP contribution in [0.3, 0.4) is 0 Å². The van der Waals surface area contributed by atoms with Crippen LogP contribution in [0.5, 0.6) is 5.75 Å². The molecule has 2 rings (SSSR count). The van der Waals surface area contributed by atoms with Gasteiger partial charge < -0.3 is 35.2 Å². The molecule has 5 N–H and O–H groups in total. The Morgan fingerprint density at radius 3 is 2.32 bits per heavy atom. The number of allylic oxidation sites excluding steroid dienone is 1. The highest BCUT2D eigenvalue weighted by Gasteiger charge is 2.44. The number of hydrogen-bond donors (Lipinski definition) is 5. The number of nitrogens with one attached hydrogen (secondary N) is 1. The normalized spacial score (nSPS) is 28.3. The summed E-state index contributed by atoms with van der Waals surface area (Å²) < 4.78 is 10.7. The van der Waals surface area contributed by atoms with Gasteiger partial charge in [0.05, 0.1) is 6.61 Å². The fourth-order valence-corrected chi connectivity index (χ4v) is 2.17. The van der Waals surface area contributed by atoms with Gasteiger partial charge in [-0.3, -0.25) is 0 Å². The van der Waals surface area contributed by atoms with Crippen molar-refractivity contribution >= 4 is 5.69 Å². The third-order valence-electron chi connectivity index (χ3n) is 3.58. The molecule has 0 aliphatic carbocycles. The van der Waals surface area contributed by atoms with Crippen LogP contribution in [0, 0.1) is 22.7 Å². The Bertz CT molecular complexity index is 675. The summed E-state index contributed by atoms with van der Waals surface area (Å²) in [4.78, 5) is 0. The van der Waals surface area contributed by atoms with Gasteiger partial charge in [-0.15, -0.1) is 0 Å². The Kier molecular flexibility index (Phi) is 6.31. The minimum atomic E-state index is -1.52. The van der Waals surface area contributed by atoms with Crippen molar-refractivity contribution in [2.24, 2.45) is 0 Å². The molecule has 9 heteroatoms. The van der Waals surface area contributed by atoms with E-state index in [9.17, 15) is 15.3 Å². The van der Waals surface area contributed by atoms with Crippen LogP contribution in [0.15, 0.2) is 36.0 Å². The van der Waals surface area contributed by atoms with E-state index in [0.29, 0.717) is 11.4 Å². The van der Waals surface area contributed by atoms with Gasteiger partial charge in [0.15, 0.2) is 0 Å². The number of anilines is 1. The first kappa shape index (κ1) is 18.7. The van der Waals surface area contributed by atoms with Crippen molar-refractivity contribution in [1.29, 1.82) is 10.5 Å². The summed E-state index contributed by atoms with van der Waals surface area (Å²) in [5, 5.41) is 58.5. The maximum absolute atomic E-state index is 9.91. The van der Waals surface area contributed by atoms with Gasteiger partial charge in [0.2, 0.25) is 6.29 Å². The number of nitrogens with zero attached hydrogens (tertiary/aromatic N) is 2. The monoisotopic (exact) mass is 347 g/mol. The number of aliphatic hydroxyl groups excluding tert-OH is 4. The molecular formula is C16H17N3O6. The van der Waals surface area contributed by atoms with E-state index in [1.165, 1.54) is 18.3 Å². The van der Waals surface area contributed by atoms with Crippen molar-refractivity contribution in [2.45, 2.75) is 30.7 Å². The first-order valence-corrected chi connectivity index (χ1v) is 7.34. The highest BCUT2D eigenvalue weighted by molar-refractivity contribution is 5.51. The van der Waals surface area contributed by atoms with Gasteiger partial charge >= 0.3 is 0 Å². The molecular weight excluding hydrogens is 330 g/mol. The summed E-state index contributed by atoms with van der Waals surface area (Å²) in [6, 6.07) is 9.70. The first-order valence-electron chi connectivity index (χ1n) is 7.34. The van der Waals surface area contributed by atoms with Crippen molar-refractivity contribution < 1.29 is 29.9 Å². The molecule has 0 amide bonds. The van der Waals surface area contributed by atoms with Crippen LogP contribution in [0.2, 0.25) is 0 Å². The molecule has 0 bridgehead atoms. The van der Waals surface area contributed by atoms with Gasteiger partial charge in [-0.1, -0.05) is 0 Å². The Labute approximate surface area is 143 Å². The van der Waals surface area contributed by atoms with Gasteiger partial charge in [-0.05, 0) is 24.3 Å². The van der Waals surface area contributed by atoms with Crippen LogP contribution in [0.4, 0.5) is 5.69 Å². The highest BCUT2D eigenvalue weighted by Crippen LogP contribution is 2.25. The number of aliphatic hydroxyl groups is 4. The van der Waals surface area contributed by atoms with Crippen molar-refractivity contribution in [3.05, 3.63) is 36.0 Å². The number of benzene rings is 1. The second-order valence-electron chi connectivity index (χ2n) is 5.27. The quantitative estimate of drug-likeness (QED) is 0.430. The summed E-state index contributed by atoms with van der Waals surface area (Å²) >= 11 is 0. The van der Waals surface area contributed by atoms with Crippen LogP contribution >= 0.6 is 0 Å². The molecule has 1 aromatic carbocycles. The lowest BCUT2D eigenvalue weighted by atomic mass is 9.99. The molecule has 0 saturated carbocycles. The van der Waals surface area contributed by atoms with Gasteiger partial charge in [0, 0.05) is 11.9 Å². The third kappa shape index (κ3) is 4.45. The predicted molar refractivity (Wildman–Crippen MR) is 83.8 cm³/mol. The predicted octanol–water partition coefficient (Wildman–Crippen LogP) is -0.792. The molecule has 0 radical (unpaired) electrons. The Morgan fingerprint density at radius 1 is 1.12 bits per heavy atom. The zero-order chi connectivity index (χ0) is 18.4. The topological polar surface area (TPSA) is 159 Å². The summed E-state index contributed by atoms with van der Waals surface area (Å²) in [5.74, 6) is 0.305. The van der Waals surface area contributed by atoms with Crippen LogP contribution in [-0.2, 0) is 4.74 Å². The molecule has 5 atom stereocenters. The number of nitriles is 2. The molecule has 1 fully saturated rings. The Balaban J connectivity index is 2.02. The van der Waals surface area contributed by atoms with Gasteiger partial charge in [-0.2, -0.15) is 10.5 Å². The van der Waals surface area contributed by atoms with E-state index >= 15 is 0 Å². The zero-order valence-corrected chi connectivity index (χ0v) is 13.0. The van der Waals surface area contributed by atoms with Crippen LogP contribution in [-0.4, -0.2) is 57.7 Å². The molecule has 9 nitrogen and oxygen atoms in total. The molecule has 25 heavy (non-hydrogen) atoms. The molecule has 1 aliphatic heterocycles.